The second-order valence-electron chi connectivity index (χ2n) is 7.97. The average Bonchev–Trinajstić information content (AvgIpc) is 3.34. The van der Waals surface area contributed by atoms with Crippen molar-refractivity contribution in [3.05, 3.63) is 17.5 Å². The fraction of sp³-hybridized carbons (Fsp3) is 0.700. The number of hydrogen-bond donors (Lipinski definition) is 2. The molecule has 1 saturated carbocycles. The van der Waals surface area contributed by atoms with Gasteiger partial charge in [-0.2, -0.15) is 5.10 Å². The van der Waals surface area contributed by atoms with E-state index in [2.05, 4.69) is 10.4 Å². The summed E-state index contributed by atoms with van der Waals surface area (Å²) >= 11 is 0. The Kier molecular flexibility index (Phi) is 6.70. The van der Waals surface area contributed by atoms with Crippen LogP contribution in [0.3, 0.4) is 0 Å². The minimum Gasteiger partial charge on any atom is -0.478 e. The third-order valence-corrected chi connectivity index (χ3v) is 6.13. The predicted molar refractivity (Wildman–Crippen MR) is 103 cm³/mol. The molecule has 2 heterocycles. The molecular weight excluding hydrogens is 360 g/mol. The molecule has 8 nitrogen and oxygen atoms in total. The lowest BCUT2D eigenvalue weighted by molar-refractivity contribution is -0.134. The molecule has 8 heteroatoms. The van der Waals surface area contributed by atoms with E-state index in [9.17, 15) is 14.4 Å². The van der Waals surface area contributed by atoms with Gasteiger partial charge in [-0.25, -0.2) is 4.79 Å². The SMILES string of the molecule is Cc1c(C(=O)O)cnn1C1CCN(C(=O)CNC(=O)CCC2CCCC2)CC1. The van der Waals surface area contributed by atoms with E-state index in [4.69, 9.17) is 5.11 Å². The van der Waals surface area contributed by atoms with Crippen LogP contribution in [0.15, 0.2) is 6.20 Å². The van der Waals surface area contributed by atoms with E-state index in [1.54, 1.807) is 16.5 Å². The molecule has 0 atom stereocenters. The molecule has 28 heavy (non-hydrogen) atoms. The minimum absolute atomic E-state index is 0.0384. The Morgan fingerprint density at radius 2 is 1.86 bits per heavy atom. The molecule has 2 fully saturated rings. The first kappa shape index (κ1) is 20.4. The number of carbonyl (C=O) groups is 3. The lowest BCUT2D eigenvalue weighted by atomic mass is 10.0. The minimum atomic E-state index is -0.972. The second kappa shape index (κ2) is 9.21. The van der Waals surface area contributed by atoms with Crippen molar-refractivity contribution < 1.29 is 19.5 Å². The van der Waals surface area contributed by atoms with Crippen LogP contribution in [0.5, 0.6) is 0 Å². The van der Waals surface area contributed by atoms with Gasteiger partial charge in [0.2, 0.25) is 11.8 Å². The van der Waals surface area contributed by atoms with Gasteiger partial charge in [-0.3, -0.25) is 14.3 Å². The Bertz CT molecular complexity index is 716. The smallest absolute Gasteiger partial charge is 0.339 e. The van der Waals surface area contributed by atoms with E-state index in [0.29, 0.717) is 31.1 Å². The van der Waals surface area contributed by atoms with Crippen molar-refractivity contribution in [3.8, 4) is 0 Å². The van der Waals surface area contributed by atoms with Crippen molar-refractivity contribution in [2.24, 2.45) is 5.92 Å². The van der Waals surface area contributed by atoms with Gasteiger partial charge < -0.3 is 15.3 Å². The number of aromatic carboxylic acids is 1. The molecule has 1 aliphatic carbocycles. The molecule has 1 aromatic rings. The summed E-state index contributed by atoms with van der Waals surface area (Å²) in [5.41, 5.74) is 0.866. The van der Waals surface area contributed by atoms with Gasteiger partial charge in [-0.1, -0.05) is 25.7 Å². The van der Waals surface area contributed by atoms with Gasteiger partial charge in [0.05, 0.1) is 24.5 Å². The maximum Gasteiger partial charge on any atom is 0.339 e. The average molecular weight is 390 g/mol. The number of nitrogens with one attached hydrogen (secondary N) is 1. The normalized spacial score (nSPS) is 18.4. The number of amides is 2. The fourth-order valence-corrected chi connectivity index (χ4v) is 4.37. The maximum absolute atomic E-state index is 12.4. The highest BCUT2D eigenvalue weighted by atomic mass is 16.4. The van der Waals surface area contributed by atoms with Crippen molar-refractivity contribution in [2.45, 2.75) is 64.3 Å². The summed E-state index contributed by atoms with van der Waals surface area (Å²) in [5, 5.41) is 16.1. The number of piperidine rings is 1. The molecule has 2 amide bonds. The van der Waals surface area contributed by atoms with Crippen LogP contribution in [0.2, 0.25) is 0 Å². The Morgan fingerprint density at radius 3 is 2.46 bits per heavy atom. The number of aromatic nitrogens is 2. The second-order valence-corrected chi connectivity index (χ2v) is 7.97. The van der Waals surface area contributed by atoms with Gasteiger partial charge in [-0.05, 0) is 32.1 Å². The van der Waals surface area contributed by atoms with Gasteiger partial charge in [0.15, 0.2) is 0 Å². The summed E-state index contributed by atoms with van der Waals surface area (Å²) in [4.78, 5) is 37.3. The Labute approximate surface area is 165 Å². The topological polar surface area (TPSA) is 105 Å². The Morgan fingerprint density at radius 1 is 1.18 bits per heavy atom. The zero-order valence-electron chi connectivity index (χ0n) is 16.5. The van der Waals surface area contributed by atoms with Gasteiger partial charge >= 0.3 is 5.97 Å². The summed E-state index contributed by atoms with van der Waals surface area (Å²) in [6.07, 6.45) is 9.27. The summed E-state index contributed by atoms with van der Waals surface area (Å²) in [5.74, 6) is -0.396. The molecule has 1 aromatic heterocycles. The van der Waals surface area contributed by atoms with Crippen molar-refractivity contribution >= 4 is 17.8 Å². The number of likely N-dealkylation sites (tertiary alicyclic amines) is 1. The third kappa shape index (κ3) is 4.91. The molecule has 0 spiro atoms. The van der Waals surface area contributed by atoms with Gasteiger partial charge in [0.25, 0.3) is 0 Å². The molecule has 154 valence electrons. The first-order chi connectivity index (χ1) is 13.5. The standard InChI is InChI=1S/C20H30N4O4/c1-14-17(20(27)28)12-22-24(14)16-8-10-23(11-9-16)19(26)13-21-18(25)7-6-15-4-2-3-5-15/h12,15-16H,2-11,13H2,1H3,(H,21,25)(H,27,28). The lowest BCUT2D eigenvalue weighted by Gasteiger charge is -2.32. The highest BCUT2D eigenvalue weighted by Crippen LogP contribution is 2.28. The lowest BCUT2D eigenvalue weighted by Crippen LogP contribution is -2.44. The zero-order chi connectivity index (χ0) is 20.1. The first-order valence-electron chi connectivity index (χ1n) is 10.3. The van der Waals surface area contributed by atoms with Crippen molar-refractivity contribution in [2.75, 3.05) is 19.6 Å². The zero-order valence-corrected chi connectivity index (χ0v) is 16.5. The third-order valence-electron chi connectivity index (χ3n) is 6.13. The van der Waals surface area contributed by atoms with Gasteiger partial charge in [0.1, 0.15) is 5.56 Å². The molecule has 0 bridgehead atoms. The van der Waals surface area contributed by atoms with Crippen LogP contribution in [0.25, 0.3) is 0 Å². The molecule has 1 aliphatic heterocycles. The molecular formula is C20H30N4O4. The largest absolute Gasteiger partial charge is 0.478 e. The quantitative estimate of drug-likeness (QED) is 0.742. The number of carbonyl (C=O) groups excluding carboxylic acids is 2. The monoisotopic (exact) mass is 390 g/mol. The molecule has 0 radical (unpaired) electrons. The van der Waals surface area contributed by atoms with Crippen LogP contribution in [0, 0.1) is 12.8 Å². The van der Waals surface area contributed by atoms with Crippen molar-refractivity contribution in [1.29, 1.82) is 0 Å². The van der Waals surface area contributed by atoms with E-state index in [1.807, 2.05) is 0 Å². The summed E-state index contributed by atoms with van der Waals surface area (Å²) < 4.78 is 1.76. The summed E-state index contributed by atoms with van der Waals surface area (Å²) in [7, 11) is 0. The molecule has 0 unspecified atom stereocenters. The van der Waals surface area contributed by atoms with Crippen molar-refractivity contribution in [3.63, 3.8) is 0 Å². The van der Waals surface area contributed by atoms with Gasteiger partial charge in [-0.15, -0.1) is 0 Å². The predicted octanol–water partition coefficient (Wildman–Crippen LogP) is 2.14. The Balaban J connectivity index is 1.40. The number of nitrogens with zero attached hydrogens (tertiary/aromatic N) is 3. The van der Waals surface area contributed by atoms with E-state index >= 15 is 0 Å². The molecule has 2 aliphatic rings. The highest BCUT2D eigenvalue weighted by Gasteiger charge is 2.26. The molecule has 3 rings (SSSR count). The van der Waals surface area contributed by atoms with Crippen molar-refractivity contribution in [1.82, 2.24) is 20.0 Å². The molecule has 2 N–H and O–H groups in total. The summed E-state index contributed by atoms with van der Waals surface area (Å²) in [6, 6.07) is 0.0955. The fourth-order valence-electron chi connectivity index (χ4n) is 4.37. The van der Waals surface area contributed by atoms with E-state index < -0.39 is 5.97 Å². The van der Waals surface area contributed by atoms with Crippen LogP contribution in [-0.2, 0) is 9.59 Å². The number of carboxylic acid groups (broad SMARTS) is 1. The molecule has 1 saturated heterocycles. The first-order valence-corrected chi connectivity index (χ1v) is 10.3. The van der Waals surface area contributed by atoms with Gasteiger partial charge in [0, 0.05) is 19.5 Å². The van der Waals surface area contributed by atoms with Crippen LogP contribution in [-0.4, -0.2) is 57.2 Å². The number of carboxylic acids is 1. The molecule has 0 aromatic carbocycles. The van der Waals surface area contributed by atoms with Crippen LogP contribution in [0.4, 0.5) is 0 Å². The van der Waals surface area contributed by atoms with Crippen LogP contribution < -0.4 is 5.32 Å². The van der Waals surface area contributed by atoms with Crippen LogP contribution in [0.1, 0.15) is 73.5 Å². The number of rotatable bonds is 7. The van der Waals surface area contributed by atoms with E-state index in [-0.39, 0.29) is 30.0 Å². The van der Waals surface area contributed by atoms with E-state index in [0.717, 1.165) is 19.3 Å². The maximum atomic E-state index is 12.4. The van der Waals surface area contributed by atoms with Crippen LogP contribution >= 0.6 is 0 Å². The van der Waals surface area contributed by atoms with E-state index in [1.165, 1.54) is 31.9 Å². The summed E-state index contributed by atoms with van der Waals surface area (Å²) in [6.45, 7) is 2.99. The highest BCUT2D eigenvalue weighted by molar-refractivity contribution is 5.88. The number of hydrogen-bond acceptors (Lipinski definition) is 4. The Hall–Kier alpha value is -2.38.